The third-order valence-electron chi connectivity index (χ3n) is 16.8. The van der Waals surface area contributed by atoms with Gasteiger partial charge in [-0.05, 0) is 87.9 Å². The van der Waals surface area contributed by atoms with E-state index in [0.29, 0.717) is 69.1 Å². The highest BCUT2D eigenvalue weighted by atomic mass is 17.3. The van der Waals surface area contributed by atoms with E-state index in [-0.39, 0.29) is 41.9 Å². The van der Waals surface area contributed by atoms with Crippen LogP contribution in [0.3, 0.4) is 0 Å². The summed E-state index contributed by atoms with van der Waals surface area (Å²) in [5.41, 5.74) is -1.97. The zero-order valence-electron chi connectivity index (χ0n) is 33.5. The van der Waals surface area contributed by atoms with Gasteiger partial charge in [-0.15, -0.1) is 0 Å². The molecule has 12 rings (SSSR count). The molecule has 2 aliphatic carbocycles. The van der Waals surface area contributed by atoms with Crippen LogP contribution in [0.4, 0.5) is 4.79 Å². The standard InChI is InChI=1S/C41H64N2O11/c1-23-8-10-29-25(3)31(46-33-40(29)27(23)12-14-36(5,48-33)51-53-40)20-38(22-45-39(50-38)16-18-43(19-17-39)35(44)42-7)21-32-26(4)30-11-9-24(2)28-13-15-37(6)49-34(47-32)41(28,30)54-52-37/h23-34H,8-22H2,1-7H3,(H,42,44)/t23-,24-,25-,26-,27+,28+,29+,30+,31-,32-,33-,34-,36+,37+,40-,41-/m1/s1. The number of ether oxygens (including phenoxy) is 6. The SMILES string of the molecule is CNC(=O)N1CCC2(CC1)OCC(C[C@H]1O[C@@H]3O[C@]4(C)CC[C@H]5[C@H](C)CC[C@@H]([C@H]1C)[C@@]35OO4)(C[C@H]1O[C@@H]3O[C@]4(C)CC[C@H]5[C@H](C)CC[C@@H]([C@H]1C)[C@@]35OO4)O2. The van der Waals surface area contributed by atoms with Gasteiger partial charge in [0.1, 0.15) is 0 Å². The molecule has 0 aromatic heterocycles. The molecular formula is C41H64N2O11. The van der Waals surface area contributed by atoms with Gasteiger partial charge in [0.05, 0.1) is 24.4 Å². The second-order valence-corrected chi connectivity index (χ2v) is 19.8. The van der Waals surface area contributed by atoms with Crippen molar-refractivity contribution in [2.75, 3.05) is 26.7 Å². The maximum Gasteiger partial charge on any atom is 0.317 e. The number of nitrogens with one attached hydrogen (secondary N) is 1. The number of nitrogens with zero attached hydrogens (tertiary/aromatic N) is 1. The number of urea groups is 1. The van der Waals surface area contributed by atoms with E-state index in [1.54, 1.807) is 7.05 Å². The van der Waals surface area contributed by atoms with Crippen molar-refractivity contribution in [1.29, 1.82) is 0 Å². The Hall–Kier alpha value is -1.13. The lowest BCUT2D eigenvalue weighted by Crippen LogP contribution is -2.71. The summed E-state index contributed by atoms with van der Waals surface area (Å²) in [5, 5.41) is 2.78. The van der Waals surface area contributed by atoms with Crippen molar-refractivity contribution in [2.24, 2.45) is 47.3 Å². The summed E-state index contributed by atoms with van der Waals surface area (Å²) < 4.78 is 42.3. The van der Waals surface area contributed by atoms with E-state index in [9.17, 15) is 4.79 Å². The molecule has 3 spiro atoms. The summed E-state index contributed by atoms with van der Waals surface area (Å²) in [7, 11) is 1.68. The quantitative estimate of drug-likeness (QED) is 0.330. The van der Waals surface area contributed by atoms with Crippen molar-refractivity contribution < 1.29 is 52.8 Å². The zero-order valence-corrected chi connectivity index (χ0v) is 33.5. The third kappa shape index (κ3) is 5.34. The van der Waals surface area contributed by atoms with Gasteiger partial charge in [0.15, 0.2) is 29.6 Å². The molecule has 12 fully saturated rings. The van der Waals surface area contributed by atoms with Crippen LogP contribution in [-0.2, 0) is 48.0 Å². The molecule has 10 saturated heterocycles. The first-order valence-electron chi connectivity index (χ1n) is 21.5. The van der Waals surface area contributed by atoms with Crippen LogP contribution in [0.25, 0.3) is 0 Å². The van der Waals surface area contributed by atoms with Gasteiger partial charge in [-0.3, -0.25) is 0 Å². The highest BCUT2D eigenvalue weighted by molar-refractivity contribution is 5.73. The first-order valence-corrected chi connectivity index (χ1v) is 21.5. The molecule has 0 unspecified atom stereocenters. The topological polar surface area (TPSA) is 125 Å². The molecule has 2 saturated carbocycles. The number of fused-ring (bicyclic) bond motifs is 4. The van der Waals surface area contributed by atoms with Crippen molar-refractivity contribution >= 4 is 6.03 Å². The predicted octanol–water partition coefficient (Wildman–Crippen LogP) is 6.18. The minimum Gasteiger partial charge on any atom is -0.347 e. The van der Waals surface area contributed by atoms with Gasteiger partial charge in [-0.2, -0.15) is 0 Å². The van der Waals surface area contributed by atoms with Crippen LogP contribution in [0.1, 0.15) is 119 Å². The minimum atomic E-state index is -0.840. The summed E-state index contributed by atoms with van der Waals surface area (Å²) in [6.45, 7) is 14.9. The Morgan fingerprint density at radius 3 is 1.65 bits per heavy atom. The van der Waals surface area contributed by atoms with E-state index in [1.165, 1.54) is 0 Å². The number of rotatable bonds is 4. The summed E-state index contributed by atoms with van der Waals surface area (Å²) in [6.07, 6.45) is 9.01. The maximum atomic E-state index is 12.6. The number of piperidine rings is 1. The van der Waals surface area contributed by atoms with E-state index in [0.717, 1.165) is 51.4 Å². The first-order chi connectivity index (χ1) is 25.8. The third-order valence-corrected chi connectivity index (χ3v) is 16.8. The lowest BCUT2D eigenvalue weighted by atomic mass is 9.56. The van der Waals surface area contributed by atoms with Gasteiger partial charge in [0.25, 0.3) is 0 Å². The van der Waals surface area contributed by atoms with Gasteiger partial charge in [0, 0.05) is 70.5 Å². The van der Waals surface area contributed by atoms with Crippen LogP contribution in [-0.4, -0.2) is 96.6 Å². The molecule has 4 bridgehead atoms. The van der Waals surface area contributed by atoms with Gasteiger partial charge < -0.3 is 38.6 Å². The Morgan fingerprint density at radius 1 is 0.667 bits per heavy atom. The molecule has 1 N–H and O–H groups in total. The fourth-order valence-electron chi connectivity index (χ4n) is 13.6. The van der Waals surface area contributed by atoms with E-state index in [2.05, 4.69) is 33.0 Å². The number of hydrogen-bond acceptors (Lipinski definition) is 11. The normalized spacial score (nSPS) is 54.0. The summed E-state index contributed by atoms with van der Waals surface area (Å²) >= 11 is 0. The first kappa shape index (κ1) is 37.2. The molecule has 304 valence electrons. The summed E-state index contributed by atoms with van der Waals surface area (Å²) in [4.78, 5) is 39.7. The molecule has 10 heterocycles. The lowest BCUT2D eigenvalue weighted by molar-refractivity contribution is -0.572. The molecule has 16 atom stereocenters. The molecule has 2 amide bonds. The maximum absolute atomic E-state index is 12.6. The molecule has 10 aliphatic heterocycles. The second-order valence-electron chi connectivity index (χ2n) is 19.8. The van der Waals surface area contributed by atoms with Crippen LogP contribution in [0.2, 0.25) is 0 Å². The smallest absolute Gasteiger partial charge is 0.317 e. The highest BCUT2D eigenvalue weighted by Gasteiger charge is 2.72. The van der Waals surface area contributed by atoms with Crippen molar-refractivity contribution in [1.82, 2.24) is 10.2 Å². The molecule has 12 aliphatic rings. The average molecular weight is 761 g/mol. The molecule has 0 radical (unpaired) electrons. The highest BCUT2D eigenvalue weighted by Crippen LogP contribution is 2.64. The number of carbonyl (C=O) groups excluding carboxylic acids is 1. The van der Waals surface area contributed by atoms with Crippen molar-refractivity contribution in [3.05, 3.63) is 0 Å². The number of carbonyl (C=O) groups is 1. The van der Waals surface area contributed by atoms with Crippen molar-refractivity contribution in [3.8, 4) is 0 Å². The fourth-order valence-corrected chi connectivity index (χ4v) is 13.6. The largest absolute Gasteiger partial charge is 0.347 e. The fraction of sp³-hybridized carbons (Fsp3) is 0.976. The number of hydrogen-bond donors (Lipinski definition) is 1. The van der Waals surface area contributed by atoms with Crippen molar-refractivity contribution in [2.45, 2.75) is 178 Å². The molecule has 54 heavy (non-hydrogen) atoms. The monoisotopic (exact) mass is 760 g/mol. The Labute approximate surface area is 320 Å². The van der Waals surface area contributed by atoms with Gasteiger partial charge in [-0.25, -0.2) is 24.3 Å². The van der Waals surface area contributed by atoms with Crippen LogP contribution in [0.15, 0.2) is 0 Å². The van der Waals surface area contributed by atoms with Crippen LogP contribution >= 0.6 is 0 Å². The average Bonchev–Trinajstić information content (AvgIpc) is 3.27. The molecular weight excluding hydrogens is 696 g/mol. The minimum absolute atomic E-state index is 0.0683. The molecule has 0 aromatic rings. The predicted molar refractivity (Wildman–Crippen MR) is 191 cm³/mol. The second kappa shape index (κ2) is 12.7. The molecule has 13 nitrogen and oxygen atoms in total. The summed E-state index contributed by atoms with van der Waals surface area (Å²) in [5.74, 6) is -0.109. The van der Waals surface area contributed by atoms with Gasteiger partial charge >= 0.3 is 6.03 Å². The van der Waals surface area contributed by atoms with Gasteiger partial charge in [-0.1, -0.05) is 27.7 Å². The van der Waals surface area contributed by atoms with Crippen LogP contribution in [0.5, 0.6) is 0 Å². The van der Waals surface area contributed by atoms with E-state index >= 15 is 0 Å². The zero-order chi connectivity index (χ0) is 37.5. The Bertz CT molecular complexity index is 1400. The van der Waals surface area contributed by atoms with Gasteiger partial charge in [0.2, 0.25) is 11.6 Å². The molecule has 13 heteroatoms. The summed E-state index contributed by atoms with van der Waals surface area (Å²) in [6, 6.07) is -0.0683. The van der Waals surface area contributed by atoms with Crippen LogP contribution < -0.4 is 5.32 Å². The number of amides is 2. The Morgan fingerprint density at radius 2 is 1.17 bits per heavy atom. The Balaban J connectivity index is 0.971. The number of likely N-dealkylation sites (tertiary alicyclic amines) is 1. The Kier molecular flexibility index (Phi) is 8.73. The molecule has 0 aromatic carbocycles. The van der Waals surface area contributed by atoms with E-state index in [4.69, 9.17) is 48.0 Å². The van der Waals surface area contributed by atoms with E-state index in [1.807, 2.05) is 18.7 Å². The lowest BCUT2D eigenvalue weighted by Gasteiger charge is -2.61. The van der Waals surface area contributed by atoms with Crippen LogP contribution in [0, 0.1) is 47.3 Å². The van der Waals surface area contributed by atoms with Crippen molar-refractivity contribution in [3.63, 3.8) is 0 Å². The van der Waals surface area contributed by atoms with E-state index < -0.39 is 46.7 Å².